The molecule has 1 atom stereocenters. The Balaban J connectivity index is 1.24. The summed E-state index contributed by atoms with van der Waals surface area (Å²) in [6.45, 7) is 6.51. The number of Topliss-reactive ketones (excluding diaryl/α,β-unsaturated/α-hetero) is 1. The van der Waals surface area contributed by atoms with E-state index in [0.717, 1.165) is 37.5 Å². The molecular formula is C30H36N2O4. The Labute approximate surface area is 214 Å². The maximum Gasteiger partial charge on any atom is 0.166 e. The fraction of sp³-hybridized carbons (Fsp3) is 0.367. The van der Waals surface area contributed by atoms with E-state index in [1.54, 1.807) is 19.2 Å². The number of hydrogen-bond acceptors (Lipinski definition) is 6. The van der Waals surface area contributed by atoms with E-state index in [0.29, 0.717) is 30.7 Å². The van der Waals surface area contributed by atoms with Crippen molar-refractivity contribution in [2.75, 3.05) is 51.3 Å². The predicted molar refractivity (Wildman–Crippen MR) is 143 cm³/mol. The van der Waals surface area contributed by atoms with E-state index in [1.165, 1.54) is 11.3 Å². The van der Waals surface area contributed by atoms with E-state index in [-0.39, 0.29) is 12.4 Å². The molecule has 3 aromatic rings. The van der Waals surface area contributed by atoms with Gasteiger partial charge in [0.25, 0.3) is 0 Å². The second-order valence-corrected chi connectivity index (χ2v) is 9.31. The maximum atomic E-state index is 12.9. The number of anilines is 1. The minimum absolute atomic E-state index is 0.0308. The minimum atomic E-state index is -0.627. The van der Waals surface area contributed by atoms with Crippen molar-refractivity contribution in [3.8, 4) is 11.5 Å². The molecule has 0 unspecified atom stereocenters. The molecule has 1 aliphatic rings. The van der Waals surface area contributed by atoms with Crippen molar-refractivity contribution in [3.63, 3.8) is 0 Å². The summed E-state index contributed by atoms with van der Waals surface area (Å²) < 4.78 is 11.1. The standard InChI is InChI=1S/C30H36N2O4/c1-23-7-3-5-9-28(23)32-19-17-31(18-20-32)21-25(33)22-36-30-10-6-4-8-27(30)29(34)16-13-24-11-14-26(35-2)15-12-24/h3-12,14-15,25,33H,13,16-22H2,1-2H3/t25-/m1/s1. The first-order valence-electron chi connectivity index (χ1n) is 12.6. The number of hydrogen-bond donors (Lipinski definition) is 1. The van der Waals surface area contributed by atoms with Gasteiger partial charge in [-0.25, -0.2) is 0 Å². The number of aliphatic hydroxyl groups is 1. The molecule has 190 valence electrons. The molecule has 6 heteroatoms. The number of piperazine rings is 1. The third-order valence-corrected chi connectivity index (χ3v) is 6.72. The van der Waals surface area contributed by atoms with Gasteiger partial charge in [0, 0.05) is 44.8 Å². The van der Waals surface area contributed by atoms with Gasteiger partial charge in [0.2, 0.25) is 0 Å². The number of benzene rings is 3. The molecule has 0 saturated carbocycles. The largest absolute Gasteiger partial charge is 0.497 e. The summed E-state index contributed by atoms with van der Waals surface area (Å²) in [6.07, 6.45) is 0.409. The fourth-order valence-electron chi connectivity index (χ4n) is 4.63. The number of ketones is 1. The van der Waals surface area contributed by atoms with Crippen LogP contribution in [-0.2, 0) is 6.42 Å². The van der Waals surface area contributed by atoms with Gasteiger partial charge in [-0.15, -0.1) is 0 Å². The highest BCUT2D eigenvalue weighted by molar-refractivity contribution is 5.98. The molecule has 0 bridgehead atoms. The van der Waals surface area contributed by atoms with Crippen molar-refractivity contribution in [1.82, 2.24) is 4.90 Å². The van der Waals surface area contributed by atoms with E-state index in [9.17, 15) is 9.90 Å². The van der Waals surface area contributed by atoms with Crippen LogP contribution in [0.4, 0.5) is 5.69 Å². The van der Waals surface area contributed by atoms with Gasteiger partial charge in [-0.1, -0.05) is 42.5 Å². The predicted octanol–water partition coefficient (Wildman–Crippen LogP) is 4.38. The number of rotatable bonds is 11. The number of β-amino-alcohol motifs (C(OH)–C–C–N with tert-alkyl or cyclic N) is 1. The first kappa shape index (κ1) is 25.7. The number of carbonyl (C=O) groups excluding carboxylic acids is 1. The van der Waals surface area contributed by atoms with Crippen LogP contribution in [0.1, 0.15) is 27.9 Å². The summed E-state index contributed by atoms with van der Waals surface area (Å²) in [4.78, 5) is 17.6. The lowest BCUT2D eigenvalue weighted by molar-refractivity contribution is 0.0655. The number of para-hydroxylation sites is 2. The number of methoxy groups -OCH3 is 1. The van der Waals surface area contributed by atoms with Gasteiger partial charge in [0.1, 0.15) is 24.2 Å². The third kappa shape index (κ3) is 6.86. The molecule has 1 saturated heterocycles. The molecule has 1 aliphatic heterocycles. The molecule has 0 spiro atoms. The molecule has 0 aliphatic carbocycles. The number of carbonyl (C=O) groups is 1. The monoisotopic (exact) mass is 488 g/mol. The highest BCUT2D eigenvalue weighted by atomic mass is 16.5. The summed E-state index contributed by atoms with van der Waals surface area (Å²) in [5.74, 6) is 1.36. The van der Waals surface area contributed by atoms with Crippen LogP contribution >= 0.6 is 0 Å². The van der Waals surface area contributed by atoms with Gasteiger partial charge >= 0.3 is 0 Å². The Hall–Kier alpha value is -3.35. The molecule has 1 N–H and O–H groups in total. The molecule has 4 rings (SSSR count). The van der Waals surface area contributed by atoms with Crippen LogP contribution < -0.4 is 14.4 Å². The van der Waals surface area contributed by atoms with Crippen LogP contribution in [0.2, 0.25) is 0 Å². The van der Waals surface area contributed by atoms with Gasteiger partial charge in [-0.05, 0) is 54.8 Å². The lowest BCUT2D eigenvalue weighted by atomic mass is 10.0. The summed E-state index contributed by atoms with van der Waals surface area (Å²) in [6, 6.07) is 23.5. The maximum absolute atomic E-state index is 12.9. The molecule has 3 aromatic carbocycles. The van der Waals surface area contributed by atoms with Gasteiger partial charge in [0.15, 0.2) is 5.78 Å². The highest BCUT2D eigenvalue weighted by Gasteiger charge is 2.21. The van der Waals surface area contributed by atoms with Gasteiger partial charge in [-0.2, -0.15) is 0 Å². The average molecular weight is 489 g/mol. The first-order valence-corrected chi connectivity index (χ1v) is 12.6. The van der Waals surface area contributed by atoms with E-state index < -0.39 is 6.10 Å². The zero-order valence-corrected chi connectivity index (χ0v) is 21.2. The molecule has 0 aromatic heterocycles. The number of nitrogens with zero attached hydrogens (tertiary/aromatic N) is 2. The number of aliphatic hydroxyl groups excluding tert-OH is 1. The molecular weight excluding hydrogens is 452 g/mol. The second kappa shape index (κ2) is 12.6. The van der Waals surface area contributed by atoms with Crippen LogP contribution in [0.5, 0.6) is 11.5 Å². The summed E-state index contributed by atoms with van der Waals surface area (Å²) in [5, 5.41) is 10.6. The normalized spacial score (nSPS) is 14.9. The SMILES string of the molecule is COc1ccc(CCC(=O)c2ccccc2OC[C@H](O)CN2CCN(c3ccccc3C)CC2)cc1. The van der Waals surface area contributed by atoms with Gasteiger partial charge in [-0.3, -0.25) is 9.69 Å². The zero-order valence-electron chi connectivity index (χ0n) is 21.2. The van der Waals surface area contributed by atoms with Crippen molar-refractivity contribution >= 4 is 11.5 Å². The Morgan fingerprint density at radius 2 is 1.64 bits per heavy atom. The van der Waals surface area contributed by atoms with Gasteiger partial charge in [0.05, 0.1) is 12.7 Å². The van der Waals surface area contributed by atoms with E-state index in [1.807, 2.05) is 36.4 Å². The second-order valence-electron chi connectivity index (χ2n) is 9.31. The Morgan fingerprint density at radius 1 is 0.944 bits per heavy atom. The summed E-state index contributed by atoms with van der Waals surface area (Å²) >= 11 is 0. The molecule has 0 amide bonds. The molecule has 36 heavy (non-hydrogen) atoms. The fourth-order valence-corrected chi connectivity index (χ4v) is 4.63. The van der Waals surface area contributed by atoms with E-state index in [4.69, 9.17) is 9.47 Å². The van der Waals surface area contributed by atoms with Crippen molar-refractivity contribution in [1.29, 1.82) is 0 Å². The summed E-state index contributed by atoms with van der Waals surface area (Å²) in [5.41, 5.74) is 4.22. The van der Waals surface area contributed by atoms with E-state index in [2.05, 4.69) is 41.0 Å². The molecule has 1 fully saturated rings. The molecule has 1 heterocycles. The van der Waals surface area contributed by atoms with Crippen LogP contribution in [0.25, 0.3) is 0 Å². The Kier molecular flexibility index (Phi) is 8.98. The zero-order chi connectivity index (χ0) is 25.3. The lowest BCUT2D eigenvalue weighted by Crippen LogP contribution is -2.49. The van der Waals surface area contributed by atoms with Crippen LogP contribution in [0.3, 0.4) is 0 Å². The number of aryl methyl sites for hydroxylation is 2. The highest BCUT2D eigenvalue weighted by Crippen LogP contribution is 2.23. The smallest absolute Gasteiger partial charge is 0.166 e. The van der Waals surface area contributed by atoms with E-state index >= 15 is 0 Å². The van der Waals surface area contributed by atoms with Gasteiger partial charge < -0.3 is 19.5 Å². The van der Waals surface area contributed by atoms with Crippen molar-refractivity contribution < 1.29 is 19.4 Å². The Bertz CT molecular complexity index is 1120. The van der Waals surface area contributed by atoms with Crippen LogP contribution in [0.15, 0.2) is 72.8 Å². The third-order valence-electron chi connectivity index (χ3n) is 6.72. The van der Waals surface area contributed by atoms with Crippen molar-refractivity contribution in [2.24, 2.45) is 0 Å². The Morgan fingerprint density at radius 3 is 2.36 bits per heavy atom. The van der Waals surface area contributed by atoms with Crippen molar-refractivity contribution in [3.05, 3.63) is 89.5 Å². The van der Waals surface area contributed by atoms with Crippen LogP contribution in [0, 0.1) is 6.92 Å². The lowest BCUT2D eigenvalue weighted by Gasteiger charge is -2.37. The molecule has 0 radical (unpaired) electrons. The first-order chi connectivity index (χ1) is 17.5. The molecule has 6 nitrogen and oxygen atoms in total. The topological polar surface area (TPSA) is 62.2 Å². The number of ether oxygens (including phenoxy) is 2. The van der Waals surface area contributed by atoms with Crippen LogP contribution in [-0.4, -0.2) is 68.3 Å². The summed E-state index contributed by atoms with van der Waals surface area (Å²) in [7, 11) is 1.64. The van der Waals surface area contributed by atoms with Crippen molar-refractivity contribution in [2.45, 2.75) is 25.9 Å². The minimum Gasteiger partial charge on any atom is -0.497 e. The quantitative estimate of drug-likeness (QED) is 0.404. The average Bonchev–Trinajstić information content (AvgIpc) is 2.92.